The molecule has 2 aromatic rings. The summed E-state index contributed by atoms with van der Waals surface area (Å²) in [5, 5.41) is 3.97. The number of likely N-dealkylation sites (tertiary alicyclic amines) is 1. The zero-order valence-electron chi connectivity index (χ0n) is 14.2. The predicted octanol–water partition coefficient (Wildman–Crippen LogP) is 2.53. The van der Waals surface area contributed by atoms with Crippen molar-refractivity contribution >= 4 is 5.91 Å². The number of carbonyl (C=O) groups excluding carboxylic acids is 1. The number of piperidine rings is 1. The molecule has 0 N–H and O–H groups in total. The Hall–Kier alpha value is -2.57. The van der Waals surface area contributed by atoms with Gasteiger partial charge in [0, 0.05) is 13.0 Å². The third-order valence-electron chi connectivity index (χ3n) is 4.65. The Morgan fingerprint density at radius 3 is 2.92 bits per heavy atom. The lowest BCUT2D eigenvalue weighted by Gasteiger charge is -2.36. The van der Waals surface area contributed by atoms with E-state index < -0.39 is 6.10 Å². The molecule has 2 unspecified atom stereocenters. The molecule has 7 nitrogen and oxygen atoms in total. The zero-order valence-corrected chi connectivity index (χ0v) is 14.2. The molecular formula is C18H21N3O4. The maximum absolute atomic E-state index is 13.1. The minimum atomic E-state index is -0.649. The number of hydrogen-bond acceptors (Lipinski definition) is 6. The number of hydrogen-bond donors (Lipinski definition) is 0. The molecule has 1 saturated heterocycles. The van der Waals surface area contributed by atoms with Gasteiger partial charge in [0.25, 0.3) is 5.91 Å². The fourth-order valence-electron chi connectivity index (χ4n) is 3.32. The topological polar surface area (TPSA) is 77.7 Å². The van der Waals surface area contributed by atoms with Gasteiger partial charge in [0.05, 0.1) is 0 Å². The minimum absolute atomic E-state index is 0.0875. The standard InChI is InChI=1S/C18H21N3O4/c1-2-16-19-17(25-20-16)12-7-5-6-10-21(12)18(22)15-11-23-13-8-3-4-9-14(13)24-15/h3-4,8-9,12,15H,2,5-7,10-11H2,1H3. The van der Waals surface area contributed by atoms with Gasteiger partial charge in [-0.1, -0.05) is 24.2 Å². The van der Waals surface area contributed by atoms with E-state index in [9.17, 15) is 4.79 Å². The smallest absolute Gasteiger partial charge is 0.267 e. The largest absolute Gasteiger partial charge is 0.485 e. The Kier molecular flexibility index (Phi) is 4.29. The van der Waals surface area contributed by atoms with Crippen LogP contribution in [-0.2, 0) is 11.2 Å². The summed E-state index contributed by atoms with van der Waals surface area (Å²) in [6, 6.07) is 7.21. The van der Waals surface area contributed by atoms with E-state index in [1.165, 1.54) is 0 Å². The summed E-state index contributed by atoms with van der Waals surface area (Å²) in [7, 11) is 0. The van der Waals surface area contributed by atoms with Crippen molar-refractivity contribution in [2.45, 2.75) is 44.8 Å². The molecule has 4 rings (SSSR count). The average molecular weight is 343 g/mol. The summed E-state index contributed by atoms with van der Waals surface area (Å²) in [4.78, 5) is 19.3. The summed E-state index contributed by atoms with van der Waals surface area (Å²) in [6.45, 7) is 2.85. The number of amides is 1. The number of nitrogens with zero attached hydrogens (tertiary/aromatic N) is 3. The highest BCUT2D eigenvalue weighted by Crippen LogP contribution is 2.34. The second-order valence-electron chi connectivity index (χ2n) is 6.31. The van der Waals surface area contributed by atoms with Crippen molar-refractivity contribution < 1.29 is 18.8 Å². The SMILES string of the molecule is CCc1noc(C2CCCCN2C(=O)C2COc3ccccc3O2)n1. The molecule has 2 aliphatic heterocycles. The van der Waals surface area contributed by atoms with E-state index in [2.05, 4.69) is 10.1 Å². The predicted molar refractivity (Wildman–Crippen MR) is 88.3 cm³/mol. The molecule has 3 heterocycles. The van der Waals surface area contributed by atoms with Crippen LogP contribution in [-0.4, -0.2) is 40.2 Å². The molecular weight excluding hydrogens is 322 g/mol. The lowest BCUT2D eigenvalue weighted by atomic mass is 10.0. The van der Waals surface area contributed by atoms with E-state index in [0.29, 0.717) is 36.2 Å². The number of rotatable bonds is 3. The minimum Gasteiger partial charge on any atom is -0.485 e. The number of para-hydroxylation sites is 2. The van der Waals surface area contributed by atoms with Crippen molar-refractivity contribution in [2.75, 3.05) is 13.2 Å². The number of aromatic nitrogens is 2. The van der Waals surface area contributed by atoms with Crippen molar-refractivity contribution in [1.29, 1.82) is 0 Å². The third-order valence-corrected chi connectivity index (χ3v) is 4.65. The number of benzene rings is 1. The number of aryl methyl sites for hydroxylation is 1. The molecule has 1 aromatic heterocycles. The number of ether oxygens (including phenoxy) is 2. The van der Waals surface area contributed by atoms with Crippen molar-refractivity contribution in [3.63, 3.8) is 0 Å². The van der Waals surface area contributed by atoms with E-state index in [0.717, 1.165) is 19.3 Å². The van der Waals surface area contributed by atoms with E-state index in [1.807, 2.05) is 31.2 Å². The Labute approximate surface area is 145 Å². The molecule has 2 aliphatic rings. The van der Waals surface area contributed by atoms with Gasteiger partial charge in [0.15, 0.2) is 17.3 Å². The molecule has 1 amide bonds. The molecule has 0 aliphatic carbocycles. The number of carbonyl (C=O) groups is 1. The monoisotopic (exact) mass is 343 g/mol. The van der Waals surface area contributed by atoms with Crippen LogP contribution in [0, 0.1) is 0 Å². The van der Waals surface area contributed by atoms with Crippen LogP contribution in [0.25, 0.3) is 0 Å². The Morgan fingerprint density at radius 1 is 1.28 bits per heavy atom. The first-order valence-electron chi connectivity index (χ1n) is 8.77. The molecule has 1 aromatic carbocycles. The summed E-state index contributed by atoms with van der Waals surface area (Å²) in [6.07, 6.45) is 2.87. The first-order chi connectivity index (χ1) is 12.3. The second kappa shape index (κ2) is 6.74. The lowest BCUT2D eigenvalue weighted by molar-refractivity contribution is -0.145. The molecule has 0 saturated carbocycles. The lowest BCUT2D eigenvalue weighted by Crippen LogP contribution is -2.49. The zero-order chi connectivity index (χ0) is 17.2. The van der Waals surface area contributed by atoms with Crippen LogP contribution in [0.3, 0.4) is 0 Å². The highest BCUT2D eigenvalue weighted by Gasteiger charge is 2.38. The van der Waals surface area contributed by atoms with Crippen LogP contribution < -0.4 is 9.47 Å². The Bertz CT molecular complexity index is 760. The van der Waals surface area contributed by atoms with Crippen LogP contribution in [0.1, 0.15) is 43.9 Å². The van der Waals surface area contributed by atoms with Gasteiger partial charge in [-0.2, -0.15) is 4.98 Å². The van der Waals surface area contributed by atoms with E-state index >= 15 is 0 Å². The summed E-state index contributed by atoms with van der Waals surface area (Å²) >= 11 is 0. The van der Waals surface area contributed by atoms with Crippen LogP contribution in [0.15, 0.2) is 28.8 Å². The fraction of sp³-hybridized carbons (Fsp3) is 0.500. The van der Waals surface area contributed by atoms with Crippen LogP contribution in [0.2, 0.25) is 0 Å². The van der Waals surface area contributed by atoms with Gasteiger partial charge >= 0.3 is 0 Å². The highest BCUT2D eigenvalue weighted by atomic mass is 16.6. The Morgan fingerprint density at radius 2 is 2.12 bits per heavy atom. The van der Waals surface area contributed by atoms with Gasteiger partial charge in [-0.25, -0.2) is 0 Å². The van der Waals surface area contributed by atoms with E-state index in [-0.39, 0.29) is 18.6 Å². The van der Waals surface area contributed by atoms with Gasteiger partial charge in [0.2, 0.25) is 12.0 Å². The van der Waals surface area contributed by atoms with Crippen molar-refractivity contribution in [3.8, 4) is 11.5 Å². The summed E-state index contributed by atoms with van der Waals surface area (Å²) in [5.74, 6) is 2.37. The molecule has 0 spiro atoms. The second-order valence-corrected chi connectivity index (χ2v) is 6.31. The average Bonchev–Trinajstić information content (AvgIpc) is 3.16. The molecule has 0 radical (unpaired) electrons. The highest BCUT2D eigenvalue weighted by molar-refractivity contribution is 5.82. The van der Waals surface area contributed by atoms with Gasteiger partial charge in [0.1, 0.15) is 12.6 Å². The molecule has 2 atom stereocenters. The normalized spacial score (nSPS) is 22.7. The van der Waals surface area contributed by atoms with Crippen molar-refractivity contribution in [3.05, 3.63) is 36.0 Å². The summed E-state index contributed by atoms with van der Waals surface area (Å²) in [5.41, 5.74) is 0. The van der Waals surface area contributed by atoms with Crippen molar-refractivity contribution in [1.82, 2.24) is 15.0 Å². The first-order valence-corrected chi connectivity index (χ1v) is 8.77. The van der Waals surface area contributed by atoms with Crippen molar-refractivity contribution in [2.24, 2.45) is 0 Å². The van der Waals surface area contributed by atoms with Crippen LogP contribution >= 0.6 is 0 Å². The molecule has 0 bridgehead atoms. The molecule has 1 fully saturated rings. The van der Waals surface area contributed by atoms with Crippen LogP contribution in [0.5, 0.6) is 11.5 Å². The molecule has 132 valence electrons. The van der Waals surface area contributed by atoms with Gasteiger partial charge in [-0.3, -0.25) is 4.79 Å². The third kappa shape index (κ3) is 3.06. The van der Waals surface area contributed by atoms with E-state index in [4.69, 9.17) is 14.0 Å². The van der Waals surface area contributed by atoms with Gasteiger partial charge < -0.3 is 18.9 Å². The molecule has 25 heavy (non-hydrogen) atoms. The molecule has 7 heteroatoms. The number of fused-ring (bicyclic) bond motifs is 1. The quantitative estimate of drug-likeness (QED) is 0.852. The maximum atomic E-state index is 13.1. The van der Waals surface area contributed by atoms with Gasteiger partial charge in [-0.15, -0.1) is 0 Å². The fourth-order valence-corrected chi connectivity index (χ4v) is 3.32. The van der Waals surface area contributed by atoms with Gasteiger partial charge in [-0.05, 0) is 31.4 Å². The van der Waals surface area contributed by atoms with Crippen LogP contribution in [0.4, 0.5) is 0 Å². The summed E-state index contributed by atoms with van der Waals surface area (Å²) < 4.78 is 17.0. The Balaban J connectivity index is 1.53. The van der Waals surface area contributed by atoms with E-state index in [1.54, 1.807) is 4.90 Å². The maximum Gasteiger partial charge on any atom is 0.267 e. The first kappa shape index (κ1) is 15.9.